The molecule has 4 heteroatoms. The normalized spacial score (nSPS) is 10.3. The summed E-state index contributed by atoms with van der Waals surface area (Å²) in [5.74, 6) is 2.06. The lowest BCUT2D eigenvalue weighted by molar-refractivity contribution is 0.292. The summed E-state index contributed by atoms with van der Waals surface area (Å²) in [6.07, 6.45) is 0. The largest absolute Gasteiger partial charge is 0.497 e. The molecule has 0 bridgehead atoms. The maximum absolute atomic E-state index is 5.44. The molecule has 1 heterocycles. The van der Waals surface area contributed by atoms with E-state index in [0.717, 1.165) is 22.6 Å². The number of hydrogen-bond donors (Lipinski definition) is 0. The van der Waals surface area contributed by atoms with Gasteiger partial charge in [-0.25, -0.2) is 0 Å². The van der Waals surface area contributed by atoms with Crippen LogP contribution in [-0.4, -0.2) is 18.9 Å². The van der Waals surface area contributed by atoms with E-state index in [-0.39, 0.29) is 0 Å². The molecule has 17 heavy (non-hydrogen) atoms. The SMILES string of the molecule is CCOc1noc(C)c1-c1cccc(OC)c1. The highest BCUT2D eigenvalue weighted by atomic mass is 16.5. The van der Waals surface area contributed by atoms with E-state index in [2.05, 4.69) is 5.16 Å². The quantitative estimate of drug-likeness (QED) is 0.814. The molecule has 0 aliphatic carbocycles. The van der Waals surface area contributed by atoms with Gasteiger partial charge < -0.3 is 14.0 Å². The first kappa shape index (κ1) is 11.5. The summed E-state index contributed by atoms with van der Waals surface area (Å²) in [5.41, 5.74) is 1.86. The number of ether oxygens (including phenoxy) is 2. The number of benzene rings is 1. The van der Waals surface area contributed by atoms with Crippen molar-refractivity contribution in [2.24, 2.45) is 0 Å². The molecule has 1 aromatic carbocycles. The molecule has 0 atom stereocenters. The molecule has 0 spiro atoms. The second-order valence-corrected chi connectivity index (χ2v) is 3.58. The molecular formula is C13H15NO3. The van der Waals surface area contributed by atoms with Crippen LogP contribution in [-0.2, 0) is 0 Å². The van der Waals surface area contributed by atoms with Gasteiger partial charge in [0.05, 0.1) is 19.3 Å². The number of aryl methyl sites for hydroxylation is 1. The molecular weight excluding hydrogens is 218 g/mol. The van der Waals surface area contributed by atoms with Gasteiger partial charge in [-0.1, -0.05) is 12.1 Å². The van der Waals surface area contributed by atoms with Crippen molar-refractivity contribution < 1.29 is 14.0 Å². The van der Waals surface area contributed by atoms with Gasteiger partial charge in [0.25, 0.3) is 5.88 Å². The van der Waals surface area contributed by atoms with Crippen LogP contribution in [0, 0.1) is 6.92 Å². The minimum atomic E-state index is 0.526. The lowest BCUT2D eigenvalue weighted by Crippen LogP contribution is -1.93. The van der Waals surface area contributed by atoms with Gasteiger partial charge in [0.1, 0.15) is 11.5 Å². The zero-order valence-electron chi connectivity index (χ0n) is 10.2. The van der Waals surface area contributed by atoms with Crippen molar-refractivity contribution in [1.82, 2.24) is 5.16 Å². The predicted molar refractivity (Wildman–Crippen MR) is 64.4 cm³/mol. The van der Waals surface area contributed by atoms with Gasteiger partial charge in [0.2, 0.25) is 0 Å². The van der Waals surface area contributed by atoms with E-state index in [9.17, 15) is 0 Å². The first-order valence-corrected chi connectivity index (χ1v) is 5.49. The van der Waals surface area contributed by atoms with Crippen LogP contribution in [0.3, 0.4) is 0 Å². The second kappa shape index (κ2) is 4.91. The van der Waals surface area contributed by atoms with E-state index in [1.807, 2.05) is 38.1 Å². The number of hydrogen-bond acceptors (Lipinski definition) is 4. The summed E-state index contributed by atoms with van der Waals surface area (Å²) >= 11 is 0. The van der Waals surface area contributed by atoms with Gasteiger partial charge in [0.15, 0.2) is 0 Å². The summed E-state index contributed by atoms with van der Waals surface area (Å²) in [6.45, 7) is 4.34. The zero-order chi connectivity index (χ0) is 12.3. The highest BCUT2D eigenvalue weighted by Crippen LogP contribution is 2.34. The number of rotatable bonds is 4. The topological polar surface area (TPSA) is 44.5 Å². The minimum Gasteiger partial charge on any atom is -0.497 e. The minimum absolute atomic E-state index is 0.526. The Labute approximate surface area is 100 Å². The lowest BCUT2D eigenvalue weighted by atomic mass is 10.1. The molecule has 4 nitrogen and oxygen atoms in total. The second-order valence-electron chi connectivity index (χ2n) is 3.58. The molecule has 0 saturated carbocycles. The van der Waals surface area contributed by atoms with Gasteiger partial charge in [-0.2, -0.15) is 0 Å². The predicted octanol–water partition coefficient (Wildman–Crippen LogP) is 3.06. The standard InChI is InChI=1S/C13H15NO3/c1-4-16-13-12(9(2)17-14-13)10-6-5-7-11(8-10)15-3/h5-8H,4H2,1-3H3. The van der Waals surface area contributed by atoms with E-state index in [1.165, 1.54) is 0 Å². The maximum atomic E-state index is 5.44. The van der Waals surface area contributed by atoms with Crippen LogP contribution in [0.15, 0.2) is 28.8 Å². The molecule has 90 valence electrons. The van der Waals surface area contributed by atoms with E-state index in [1.54, 1.807) is 7.11 Å². The lowest BCUT2D eigenvalue weighted by Gasteiger charge is -2.05. The number of aromatic nitrogens is 1. The van der Waals surface area contributed by atoms with Crippen molar-refractivity contribution in [1.29, 1.82) is 0 Å². The first-order valence-electron chi connectivity index (χ1n) is 5.49. The summed E-state index contributed by atoms with van der Waals surface area (Å²) in [7, 11) is 1.64. The maximum Gasteiger partial charge on any atom is 0.262 e. The molecule has 1 aromatic heterocycles. The Morgan fingerprint density at radius 1 is 1.35 bits per heavy atom. The molecule has 0 aliphatic rings. The fourth-order valence-corrected chi connectivity index (χ4v) is 1.69. The fourth-order valence-electron chi connectivity index (χ4n) is 1.69. The van der Waals surface area contributed by atoms with Gasteiger partial charge in [-0.3, -0.25) is 0 Å². The van der Waals surface area contributed by atoms with Crippen molar-refractivity contribution >= 4 is 0 Å². The smallest absolute Gasteiger partial charge is 0.262 e. The monoisotopic (exact) mass is 233 g/mol. The molecule has 0 amide bonds. The summed E-state index contributed by atoms with van der Waals surface area (Å²) < 4.78 is 15.8. The van der Waals surface area contributed by atoms with E-state index < -0.39 is 0 Å². The van der Waals surface area contributed by atoms with E-state index >= 15 is 0 Å². The van der Waals surface area contributed by atoms with Crippen LogP contribution >= 0.6 is 0 Å². The fraction of sp³-hybridized carbons (Fsp3) is 0.308. The Bertz CT molecular complexity index is 505. The van der Waals surface area contributed by atoms with Gasteiger partial charge in [0, 0.05) is 0 Å². The van der Waals surface area contributed by atoms with Gasteiger partial charge in [-0.05, 0) is 36.7 Å². The molecule has 2 rings (SSSR count). The average Bonchev–Trinajstić information content (AvgIpc) is 2.71. The van der Waals surface area contributed by atoms with Crippen molar-refractivity contribution in [3.8, 4) is 22.8 Å². The van der Waals surface area contributed by atoms with E-state index in [4.69, 9.17) is 14.0 Å². The average molecular weight is 233 g/mol. The summed E-state index contributed by atoms with van der Waals surface area (Å²) in [6, 6.07) is 7.73. The molecule has 0 saturated heterocycles. The van der Waals surface area contributed by atoms with Crippen molar-refractivity contribution in [3.05, 3.63) is 30.0 Å². The Morgan fingerprint density at radius 3 is 2.88 bits per heavy atom. The first-order chi connectivity index (χ1) is 8.26. The summed E-state index contributed by atoms with van der Waals surface area (Å²) in [4.78, 5) is 0. The highest BCUT2D eigenvalue weighted by Gasteiger charge is 2.16. The van der Waals surface area contributed by atoms with Crippen LogP contribution in [0.1, 0.15) is 12.7 Å². The van der Waals surface area contributed by atoms with E-state index in [0.29, 0.717) is 12.5 Å². The molecule has 2 aromatic rings. The van der Waals surface area contributed by atoms with Crippen molar-refractivity contribution in [3.63, 3.8) is 0 Å². The van der Waals surface area contributed by atoms with Crippen molar-refractivity contribution in [2.75, 3.05) is 13.7 Å². The van der Waals surface area contributed by atoms with Crippen molar-refractivity contribution in [2.45, 2.75) is 13.8 Å². The Kier molecular flexibility index (Phi) is 3.32. The van der Waals surface area contributed by atoms with Crippen LogP contribution in [0.4, 0.5) is 0 Å². The zero-order valence-corrected chi connectivity index (χ0v) is 10.2. The Balaban J connectivity index is 2.47. The number of nitrogens with zero attached hydrogens (tertiary/aromatic N) is 1. The van der Waals surface area contributed by atoms with Gasteiger partial charge >= 0.3 is 0 Å². The molecule has 0 unspecified atom stereocenters. The van der Waals surface area contributed by atoms with Gasteiger partial charge in [-0.15, -0.1) is 0 Å². The summed E-state index contributed by atoms with van der Waals surface area (Å²) in [5, 5.41) is 3.90. The third-order valence-electron chi connectivity index (χ3n) is 2.47. The number of methoxy groups -OCH3 is 1. The third-order valence-corrected chi connectivity index (χ3v) is 2.47. The molecule has 0 aliphatic heterocycles. The highest BCUT2D eigenvalue weighted by molar-refractivity contribution is 5.71. The molecule has 0 fully saturated rings. The Hall–Kier alpha value is -1.97. The molecule has 0 radical (unpaired) electrons. The Morgan fingerprint density at radius 2 is 2.18 bits per heavy atom. The van der Waals surface area contributed by atoms with Crippen LogP contribution in [0.2, 0.25) is 0 Å². The van der Waals surface area contributed by atoms with Crippen LogP contribution in [0.25, 0.3) is 11.1 Å². The third kappa shape index (κ3) is 2.25. The van der Waals surface area contributed by atoms with Crippen LogP contribution in [0.5, 0.6) is 11.6 Å². The van der Waals surface area contributed by atoms with Crippen LogP contribution < -0.4 is 9.47 Å². The molecule has 0 N–H and O–H groups in total.